The Bertz CT molecular complexity index is 771. The predicted octanol–water partition coefficient (Wildman–Crippen LogP) is 3.43. The van der Waals surface area contributed by atoms with Gasteiger partial charge in [-0.3, -0.25) is 9.59 Å². The van der Waals surface area contributed by atoms with Crippen LogP contribution in [0.3, 0.4) is 0 Å². The van der Waals surface area contributed by atoms with E-state index in [4.69, 9.17) is 17.3 Å². The fourth-order valence-corrected chi connectivity index (χ4v) is 2.79. The zero-order valence-corrected chi connectivity index (χ0v) is 13.8. The normalized spacial score (nSPS) is 12.2. The van der Waals surface area contributed by atoms with E-state index in [2.05, 4.69) is 15.9 Å². The van der Waals surface area contributed by atoms with E-state index in [0.717, 1.165) is 11.1 Å². The predicted molar refractivity (Wildman–Crippen MR) is 91.0 cm³/mol. The van der Waals surface area contributed by atoms with Gasteiger partial charge in [-0.15, -0.1) is 0 Å². The standard InChI is InChI=1S/C17H12BBrO4/c18-7-14(20)13-6-5-12(16-17(13)23-9-22-16)10-1-3-11(4-2-10)15(21)8-19/h1-6H,7-9H2. The first kappa shape index (κ1) is 15.8. The van der Waals surface area contributed by atoms with E-state index in [1.165, 1.54) is 0 Å². The van der Waals surface area contributed by atoms with Crippen molar-refractivity contribution in [1.82, 2.24) is 0 Å². The summed E-state index contributed by atoms with van der Waals surface area (Å²) < 4.78 is 11.0. The molecule has 0 aliphatic carbocycles. The molecule has 0 saturated heterocycles. The minimum absolute atomic E-state index is 0.0188. The highest BCUT2D eigenvalue weighted by molar-refractivity contribution is 9.09. The van der Waals surface area contributed by atoms with E-state index in [1.807, 2.05) is 12.1 Å². The molecule has 0 saturated carbocycles. The Labute approximate surface area is 143 Å². The first-order valence-electron chi connectivity index (χ1n) is 7.01. The number of alkyl halides is 1. The number of halogens is 1. The SMILES string of the molecule is [B]CC(=O)c1ccc(-c2ccc(C(=O)CBr)cc2)c2c1OCO2. The molecule has 0 fully saturated rings. The monoisotopic (exact) mass is 370 g/mol. The average molecular weight is 371 g/mol. The van der Waals surface area contributed by atoms with Crippen LogP contribution in [0.25, 0.3) is 11.1 Å². The number of rotatable bonds is 5. The van der Waals surface area contributed by atoms with Crippen molar-refractivity contribution < 1.29 is 19.1 Å². The van der Waals surface area contributed by atoms with Gasteiger partial charge in [-0.2, -0.15) is 0 Å². The Balaban J connectivity index is 2.03. The summed E-state index contributed by atoms with van der Waals surface area (Å²) in [5.74, 6) is 0.782. The summed E-state index contributed by atoms with van der Waals surface area (Å²) in [7, 11) is 5.42. The molecule has 0 atom stereocenters. The molecule has 1 aliphatic rings. The Morgan fingerprint density at radius 3 is 2.35 bits per heavy atom. The number of hydrogen-bond donors (Lipinski definition) is 0. The molecule has 0 spiro atoms. The van der Waals surface area contributed by atoms with E-state index < -0.39 is 0 Å². The molecule has 6 heteroatoms. The average Bonchev–Trinajstić information content (AvgIpc) is 3.09. The van der Waals surface area contributed by atoms with Gasteiger partial charge in [-0.1, -0.05) is 40.2 Å². The van der Waals surface area contributed by atoms with Gasteiger partial charge < -0.3 is 9.47 Å². The van der Waals surface area contributed by atoms with Crippen LogP contribution in [-0.2, 0) is 0 Å². The summed E-state index contributed by atoms with van der Waals surface area (Å²) in [4.78, 5) is 23.5. The van der Waals surface area contributed by atoms with E-state index in [-0.39, 0.29) is 30.0 Å². The van der Waals surface area contributed by atoms with Crippen molar-refractivity contribution in [3.63, 3.8) is 0 Å². The van der Waals surface area contributed by atoms with Gasteiger partial charge in [0.05, 0.1) is 18.7 Å². The Kier molecular flexibility index (Phi) is 4.52. The van der Waals surface area contributed by atoms with E-state index >= 15 is 0 Å². The maximum Gasteiger partial charge on any atom is 0.231 e. The number of ether oxygens (including phenoxy) is 2. The first-order chi connectivity index (χ1) is 11.2. The molecule has 2 aromatic rings. The third kappa shape index (κ3) is 2.91. The molecule has 0 N–H and O–H groups in total. The summed E-state index contributed by atoms with van der Waals surface area (Å²) in [6, 6.07) is 10.7. The summed E-state index contributed by atoms with van der Waals surface area (Å²) in [5.41, 5.74) is 2.75. The molecule has 2 radical (unpaired) electrons. The maximum atomic E-state index is 11.9. The molecule has 4 nitrogen and oxygen atoms in total. The molecular weight excluding hydrogens is 359 g/mol. The van der Waals surface area contributed by atoms with E-state index in [1.54, 1.807) is 24.3 Å². The van der Waals surface area contributed by atoms with Gasteiger partial charge in [-0.05, 0) is 24.0 Å². The van der Waals surface area contributed by atoms with Crippen molar-refractivity contribution in [2.24, 2.45) is 0 Å². The Hall–Kier alpha value is -2.08. The second-order valence-electron chi connectivity index (χ2n) is 4.99. The zero-order valence-electron chi connectivity index (χ0n) is 12.2. The lowest BCUT2D eigenvalue weighted by Gasteiger charge is -2.09. The number of hydrogen-bond acceptors (Lipinski definition) is 4. The van der Waals surface area contributed by atoms with Gasteiger partial charge in [0.25, 0.3) is 0 Å². The highest BCUT2D eigenvalue weighted by Crippen LogP contribution is 2.44. The molecule has 0 amide bonds. The van der Waals surface area contributed by atoms with Gasteiger partial charge in [-0.25, -0.2) is 0 Å². The molecule has 1 aliphatic heterocycles. The topological polar surface area (TPSA) is 52.6 Å². The molecule has 114 valence electrons. The number of carbonyl (C=O) groups is 2. The summed E-state index contributed by atoms with van der Waals surface area (Å²) >= 11 is 3.16. The minimum atomic E-state index is -0.198. The van der Waals surface area contributed by atoms with Crippen LogP contribution < -0.4 is 9.47 Å². The van der Waals surface area contributed by atoms with Crippen LogP contribution in [0.5, 0.6) is 11.5 Å². The molecule has 23 heavy (non-hydrogen) atoms. The second-order valence-corrected chi connectivity index (χ2v) is 5.55. The third-order valence-electron chi connectivity index (χ3n) is 3.64. The van der Waals surface area contributed by atoms with Gasteiger partial charge in [0.1, 0.15) is 0 Å². The van der Waals surface area contributed by atoms with Crippen molar-refractivity contribution in [3.8, 4) is 22.6 Å². The van der Waals surface area contributed by atoms with E-state index in [9.17, 15) is 9.59 Å². The largest absolute Gasteiger partial charge is 0.453 e. The number of ketones is 2. The van der Waals surface area contributed by atoms with Crippen LogP contribution in [-0.4, -0.2) is 31.5 Å². The molecule has 2 aromatic carbocycles. The highest BCUT2D eigenvalue weighted by atomic mass is 79.9. The molecule has 0 unspecified atom stereocenters. The summed E-state index contributed by atoms with van der Waals surface area (Å²) in [6.07, 6.45) is -0.0848. The van der Waals surface area contributed by atoms with Crippen molar-refractivity contribution in [2.45, 2.75) is 6.32 Å². The molecule has 0 bridgehead atoms. The number of benzene rings is 2. The summed E-state index contributed by atoms with van der Waals surface area (Å²) in [5, 5.41) is 0.286. The zero-order chi connectivity index (χ0) is 16.4. The van der Waals surface area contributed by atoms with Crippen molar-refractivity contribution in [3.05, 3.63) is 47.5 Å². The Morgan fingerprint density at radius 2 is 1.70 bits per heavy atom. The van der Waals surface area contributed by atoms with Gasteiger partial charge in [0, 0.05) is 11.1 Å². The van der Waals surface area contributed by atoms with Crippen molar-refractivity contribution in [2.75, 3.05) is 12.1 Å². The van der Waals surface area contributed by atoms with Crippen LogP contribution in [0.1, 0.15) is 20.7 Å². The molecule has 3 rings (SSSR count). The fourth-order valence-electron chi connectivity index (χ4n) is 2.47. The first-order valence-corrected chi connectivity index (χ1v) is 8.13. The minimum Gasteiger partial charge on any atom is -0.453 e. The van der Waals surface area contributed by atoms with Crippen molar-refractivity contribution in [1.29, 1.82) is 0 Å². The quantitative estimate of drug-likeness (QED) is 0.459. The fraction of sp³-hybridized carbons (Fsp3) is 0.176. The van der Waals surface area contributed by atoms with Crippen LogP contribution >= 0.6 is 15.9 Å². The second kappa shape index (κ2) is 6.58. The molecular formula is C17H12BBrO4. The summed E-state index contributed by atoms with van der Waals surface area (Å²) in [6.45, 7) is 0.0668. The lowest BCUT2D eigenvalue weighted by Crippen LogP contribution is -2.00. The maximum absolute atomic E-state index is 11.9. The third-order valence-corrected chi connectivity index (χ3v) is 4.15. The Morgan fingerprint density at radius 1 is 1.00 bits per heavy atom. The number of carbonyl (C=O) groups excluding carboxylic acids is 2. The molecule has 0 aromatic heterocycles. The van der Waals surface area contributed by atoms with Gasteiger partial charge >= 0.3 is 0 Å². The van der Waals surface area contributed by atoms with Crippen LogP contribution in [0.2, 0.25) is 6.32 Å². The highest BCUT2D eigenvalue weighted by Gasteiger charge is 2.25. The van der Waals surface area contributed by atoms with Crippen LogP contribution in [0.15, 0.2) is 36.4 Å². The smallest absolute Gasteiger partial charge is 0.231 e. The van der Waals surface area contributed by atoms with Gasteiger partial charge in [0.2, 0.25) is 6.79 Å². The number of fused-ring (bicyclic) bond motifs is 1. The van der Waals surface area contributed by atoms with Crippen LogP contribution in [0, 0.1) is 0 Å². The number of Topliss-reactive ketones (excluding diaryl/α,β-unsaturated/α-hetero) is 2. The van der Waals surface area contributed by atoms with Crippen LogP contribution in [0.4, 0.5) is 0 Å². The van der Waals surface area contributed by atoms with E-state index in [0.29, 0.717) is 22.6 Å². The molecule has 1 heterocycles. The lowest BCUT2D eigenvalue weighted by atomic mass is 9.93. The lowest BCUT2D eigenvalue weighted by molar-refractivity contribution is 0.100. The van der Waals surface area contributed by atoms with Crippen molar-refractivity contribution >= 4 is 35.3 Å². The van der Waals surface area contributed by atoms with Gasteiger partial charge in [0.15, 0.2) is 23.1 Å².